The molecule has 1 aromatic heterocycles. The Balaban J connectivity index is 1.71. The number of hydrogen-bond donors (Lipinski definition) is 1. The second-order valence-electron chi connectivity index (χ2n) is 4.86. The van der Waals surface area contributed by atoms with Crippen molar-refractivity contribution < 1.29 is 9.53 Å². The number of halogens is 1. The number of ether oxygens (including phenoxy) is 1. The molecule has 0 saturated carbocycles. The third-order valence-corrected chi connectivity index (χ3v) is 4.26. The van der Waals surface area contributed by atoms with Crippen LogP contribution in [0.3, 0.4) is 0 Å². The Morgan fingerprint density at radius 2 is 2.05 bits per heavy atom. The molecular weight excluding hydrogens is 320 g/mol. The molecule has 0 fully saturated rings. The van der Waals surface area contributed by atoms with Crippen LogP contribution in [0.5, 0.6) is 0 Å². The van der Waals surface area contributed by atoms with Crippen molar-refractivity contribution in [1.82, 2.24) is 4.98 Å². The van der Waals surface area contributed by atoms with Gasteiger partial charge in [-0.05, 0) is 25.0 Å². The van der Waals surface area contributed by atoms with Crippen LogP contribution in [-0.2, 0) is 9.53 Å². The lowest BCUT2D eigenvalue weighted by atomic mass is 10.2. The highest BCUT2D eigenvalue weighted by molar-refractivity contribution is 7.14. The molecule has 0 bridgehead atoms. The molecule has 0 radical (unpaired) electrons. The zero-order valence-corrected chi connectivity index (χ0v) is 14.0. The van der Waals surface area contributed by atoms with Crippen LogP contribution in [0.15, 0.2) is 29.6 Å². The summed E-state index contributed by atoms with van der Waals surface area (Å²) < 4.78 is 4.61. The normalized spacial score (nSPS) is 10.5. The van der Waals surface area contributed by atoms with Gasteiger partial charge in [-0.2, -0.15) is 0 Å². The highest BCUT2D eigenvalue weighted by Crippen LogP contribution is 2.25. The lowest BCUT2D eigenvalue weighted by Crippen LogP contribution is -2.03. The van der Waals surface area contributed by atoms with Crippen molar-refractivity contribution in [3.05, 3.63) is 34.7 Å². The van der Waals surface area contributed by atoms with Crippen molar-refractivity contribution in [1.29, 1.82) is 0 Å². The summed E-state index contributed by atoms with van der Waals surface area (Å²) in [5, 5.41) is 6.98. The molecule has 0 aliphatic carbocycles. The van der Waals surface area contributed by atoms with Gasteiger partial charge in [0.05, 0.1) is 12.8 Å². The number of rotatable bonds is 8. The second kappa shape index (κ2) is 8.76. The lowest BCUT2D eigenvalue weighted by molar-refractivity contribution is -0.140. The molecule has 4 nitrogen and oxygen atoms in total. The van der Waals surface area contributed by atoms with E-state index < -0.39 is 0 Å². The van der Waals surface area contributed by atoms with E-state index in [1.54, 1.807) is 11.3 Å². The van der Waals surface area contributed by atoms with Crippen LogP contribution in [-0.4, -0.2) is 24.6 Å². The molecule has 0 saturated heterocycles. The minimum atomic E-state index is -0.138. The maximum absolute atomic E-state index is 11.0. The van der Waals surface area contributed by atoms with Crippen molar-refractivity contribution in [2.24, 2.45) is 0 Å². The van der Waals surface area contributed by atoms with Crippen molar-refractivity contribution in [3.63, 3.8) is 0 Å². The van der Waals surface area contributed by atoms with Crippen LogP contribution >= 0.6 is 22.9 Å². The van der Waals surface area contributed by atoms with Crippen LogP contribution < -0.4 is 5.32 Å². The predicted molar refractivity (Wildman–Crippen MR) is 91.5 cm³/mol. The van der Waals surface area contributed by atoms with Gasteiger partial charge in [-0.3, -0.25) is 4.79 Å². The second-order valence-corrected chi connectivity index (χ2v) is 6.15. The molecule has 0 aliphatic rings. The Labute approximate surface area is 139 Å². The number of carbonyl (C=O) groups is 1. The summed E-state index contributed by atoms with van der Waals surface area (Å²) in [6.45, 7) is 0.856. The van der Waals surface area contributed by atoms with Gasteiger partial charge in [0.25, 0.3) is 0 Å². The van der Waals surface area contributed by atoms with E-state index in [1.807, 2.05) is 29.6 Å². The SMILES string of the molecule is COC(=O)CCCCCNc1nc(-c2ccc(Cl)cc2)cs1. The maximum Gasteiger partial charge on any atom is 0.305 e. The van der Waals surface area contributed by atoms with Gasteiger partial charge in [0.15, 0.2) is 5.13 Å². The van der Waals surface area contributed by atoms with E-state index in [2.05, 4.69) is 15.0 Å². The van der Waals surface area contributed by atoms with Crippen LogP contribution in [0.2, 0.25) is 5.02 Å². The van der Waals surface area contributed by atoms with Gasteiger partial charge in [0.1, 0.15) is 0 Å². The lowest BCUT2D eigenvalue weighted by Gasteiger charge is -2.02. The fraction of sp³-hybridized carbons (Fsp3) is 0.375. The van der Waals surface area contributed by atoms with E-state index in [1.165, 1.54) is 7.11 Å². The summed E-state index contributed by atoms with van der Waals surface area (Å²) in [6.07, 6.45) is 3.36. The molecular formula is C16H19ClN2O2S. The van der Waals surface area contributed by atoms with Gasteiger partial charge in [-0.1, -0.05) is 30.2 Å². The fourth-order valence-electron chi connectivity index (χ4n) is 1.98. The molecule has 0 unspecified atom stereocenters. The first-order valence-corrected chi connectivity index (χ1v) is 8.47. The highest BCUT2D eigenvalue weighted by Gasteiger charge is 2.04. The predicted octanol–water partition coefficient (Wildman–Crippen LogP) is 4.61. The van der Waals surface area contributed by atoms with Crippen LogP contribution in [0.25, 0.3) is 11.3 Å². The van der Waals surface area contributed by atoms with Gasteiger partial charge in [-0.15, -0.1) is 11.3 Å². The van der Waals surface area contributed by atoms with E-state index in [9.17, 15) is 4.79 Å². The first-order chi connectivity index (χ1) is 10.7. The van der Waals surface area contributed by atoms with E-state index in [0.717, 1.165) is 47.2 Å². The monoisotopic (exact) mass is 338 g/mol. The Bertz CT molecular complexity index is 598. The molecule has 0 aliphatic heterocycles. The van der Waals surface area contributed by atoms with Gasteiger partial charge >= 0.3 is 5.97 Å². The first kappa shape index (κ1) is 16.8. The van der Waals surface area contributed by atoms with Crippen molar-refractivity contribution in [2.45, 2.75) is 25.7 Å². The average Bonchev–Trinajstić information content (AvgIpc) is 3.00. The van der Waals surface area contributed by atoms with E-state index in [4.69, 9.17) is 11.6 Å². The molecule has 118 valence electrons. The Kier molecular flexibility index (Phi) is 6.68. The summed E-state index contributed by atoms with van der Waals surface area (Å²) in [6, 6.07) is 7.66. The molecule has 6 heteroatoms. The average molecular weight is 339 g/mol. The molecule has 0 amide bonds. The highest BCUT2D eigenvalue weighted by atomic mass is 35.5. The van der Waals surface area contributed by atoms with Gasteiger partial charge in [-0.25, -0.2) is 4.98 Å². The summed E-state index contributed by atoms with van der Waals surface area (Å²) >= 11 is 7.48. The molecule has 2 aromatic rings. The largest absolute Gasteiger partial charge is 0.469 e. The third kappa shape index (κ3) is 5.31. The van der Waals surface area contributed by atoms with E-state index in [-0.39, 0.29) is 5.97 Å². The quantitative estimate of drug-likeness (QED) is 0.564. The van der Waals surface area contributed by atoms with Crippen molar-refractivity contribution >= 4 is 34.0 Å². The minimum Gasteiger partial charge on any atom is -0.469 e. The standard InChI is InChI=1S/C16H19ClN2O2S/c1-21-15(20)5-3-2-4-10-18-16-19-14(11-22-16)12-6-8-13(17)9-7-12/h6-9,11H,2-5,10H2,1H3,(H,18,19). The Morgan fingerprint density at radius 1 is 1.27 bits per heavy atom. The summed E-state index contributed by atoms with van der Waals surface area (Å²) in [7, 11) is 1.42. The van der Waals surface area contributed by atoms with Gasteiger partial charge in [0.2, 0.25) is 0 Å². The zero-order valence-electron chi connectivity index (χ0n) is 12.5. The molecule has 1 N–H and O–H groups in total. The van der Waals surface area contributed by atoms with Crippen LogP contribution in [0.4, 0.5) is 5.13 Å². The topological polar surface area (TPSA) is 51.2 Å². The van der Waals surface area contributed by atoms with Crippen LogP contribution in [0.1, 0.15) is 25.7 Å². The van der Waals surface area contributed by atoms with E-state index >= 15 is 0 Å². The number of esters is 1. The third-order valence-electron chi connectivity index (χ3n) is 3.21. The maximum atomic E-state index is 11.0. The summed E-state index contributed by atoms with van der Waals surface area (Å²) in [5.41, 5.74) is 2.02. The number of methoxy groups -OCH3 is 1. The number of anilines is 1. The van der Waals surface area contributed by atoms with Crippen molar-refractivity contribution in [3.8, 4) is 11.3 Å². The number of hydrogen-bond acceptors (Lipinski definition) is 5. The molecule has 1 heterocycles. The number of benzene rings is 1. The molecule has 22 heavy (non-hydrogen) atoms. The van der Waals surface area contributed by atoms with Gasteiger partial charge in [0, 0.05) is 28.9 Å². The molecule has 1 aromatic carbocycles. The van der Waals surface area contributed by atoms with Crippen LogP contribution in [0, 0.1) is 0 Å². The minimum absolute atomic E-state index is 0.138. The number of nitrogens with one attached hydrogen (secondary N) is 1. The van der Waals surface area contributed by atoms with Gasteiger partial charge < -0.3 is 10.1 Å². The number of thiazole rings is 1. The summed E-state index contributed by atoms with van der Waals surface area (Å²) in [5.74, 6) is -0.138. The zero-order chi connectivity index (χ0) is 15.8. The molecule has 0 atom stereocenters. The number of aromatic nitrogens is 1. The molecule has 2 rings (SSSR count). The fourth-order valence-corrected chi connectivity index (χ4v) is 2.85. The number of unbranched alkanes of at least 4 members (excludes halogenated alkanes) is 2. The number of carbonyl (C=O) groups excluding carboxylic acids is 1. The Morgan fingerprint density at radius 3 is 2.77 bits per heavy atom. The smallest absolute Gasteiger partial charge is 0.305 e. The summed E-state index contributed by atoms with van der Waals surface area (Å²) in [4.78, 5) is 15.5. The first-order valence-electron chi connectivity index (χ1n) is 7.21. The Hall–Kier alpha value is -1.59. The number of nitrogens with zero attached hydrogens (tertiary/aromatic N) is 1. The van der Waals surface area contributed by atoms with Crippen molar-refractivity contribution in [2.75, 3.05) is 19.0 Å². The van der Waals surface area contributed by atoms with E-state index in [0.29, 0.717) is 6.42 Å². The molecule has 0 spiro atoms.